The Balaban J connectivity index is 2.45. The minimum absolute atomic E-state index is 0.0601. The van der Waals surface area contributed by atoms with E-state index in [0.717, 1.165) is 12.8 Å². The first-order chi connectivity index (χ1) is 5.91. The number of hydrogen-bond donors (Lipinski definition) is 2. The third-order valence-corrected chi connectivity index (χ3v) is 3.50. The molecule has 5 nitrogen and oxygen atoms in total. The van der Waals surface area contributed by atoms with E-state index in [1.165, 1.54) is 6.92 Å². The van der Waals surface area contributed by atoms with Crippen LogP contribution >= 0.6 is 0 Å². The third-order valence-electron chi connectivity index (χ3n) is 1.88. The molecule has 0 spiro atoms. The van der Waals surface area contributed by atoms with Gasteiger partial charge >= 0.3 is 5.97 Å². The molecule has 0 aromatic rings. The first kappa shape index (κ1) is 10.5. The van der Waals surface area contributed by atoms with Gasteiger partial charge in [-0.2, -0.15) is 0 Å². The Morgan fingerprint density at radius 3 is 2.54 bits per heavy atom. The maximum absolute atomic E-state index is 11.2. The molecule has 0 unspecified atom stereocenters. The van der Waals surface area contributed by atoms with Crippen molar-refractivity contribution >= 4 is 16.0 Å². The highest BCUT2D eigenvalue weighted by molar-refractivity contribution is 7.89. The molecule has 1 aliphatic carbocycles. The summed E-state index contributed by atoms with van der Waals surface area (Å²) in [5.74, 6) is -0.859. The molecule has 0 aromatic heterocycles. The van der Waals surface area contributed by atoms with Crippen LogP contribution in [0, 0.1) is 5.92 Å². The lowest BCUT2D eigenvalue weighted by molar-refractivity contribution is -0.138. The summed E-state index contributed by atoms with van der Waals surface area (Å²) >= 11 is 0. The fourth-order valence-electron chi connectivity index (χ4n) is 0.963. The Morgan fingerprint density at radius 2 is 2.15 bits per heavy atom. The number of aliphatic carboxylic acids is 1. The van der Waals surface area contributed by atoms with Crippen molar-refractivity contribution in [3.8, 4) is 0 Å². The van der Waals surface area contributed by atoms with E-state index in [4.69, 9.17) is 5.11 Å². The summed E-state index contributed by atoms with van der Waals surface area (Å²) in [6, 6.07) is -1.04. The molecule has 6 heteroatoms. The lowest BCUT2D eigenvalue weighted by Crippen LogP contribution is -2.39. The fraction of sp³-hybridized carbons (Fsp3) is 0.857. The van der Waals surface area contributed by atoms with Crippen LogP contribution in [0.1, 0.15) is 19.8 Å². The minimum atomic E-state index is -3.39. The van der Waals surface area contributed by atoms with Crippen LogP contribution in [0.25, 0.3) is 0 Å². The van der Waals surface area contributed by atoms with Gasteiger partial charge in [-0.3, -0.25) is 4.79 Å². The molecule has 0 radical (unpaired) electrons. The summed E-state index contributed by atoms with van der Waals surface area (Å²) in [4.78, 5) is 10.4. The van der Waals surface area contributed by atoms with Crippen LogP contribution in [0.2, 0.25) is 0 Å². The van der Waals surface area contributed by atoms with Gasteiger partial charge in [0.1, 0.15) is 6.04 Å². The summed E-state index contributed by atoms with van der Waals surface area (Å²) in [5.41, 5.74) is 0. The monoisotopic (exact) mass is 207 g/mol. The van der Waals surface area contributed by atoms with Gasteiger partial charge in [-0.25, -0.2) is 13.1 Å². The maximum atomic E-state index is 11.2. The molecule has 0 aromatic carbocycles. The Morgan fingerprint density at radius 1 is 1.62 bits per heavy atom. The van der Waals surface area contributed by atoms with E-state index in [0.29, 0.717) is 0 Å². The highest BCUT2D eigenvalue weighted by Crippen LogP contribution is 2.29. The fourth-order valence-corrected chi connectivity index (χ4v) is 2.65. The Labute approximate surface area is 77.2 Å². The Bertz CT molecular complexity index is 294. The summed E-state index contributed by atoms with van der Waals surface area (Å²) < 4.78 is 24.5. The van der Waals surface area contributed by atoms with Crippen molar-refractivity contribution in [1.82, 2.24) is 4.72 Å². The van der Waals surface area contributed by atoms with Gasteiger partial charge in [0.05, 0.1) is 5.75 Å². The number of carboxylic acid groups (broad SMARTS) is 1. The van der Waals surface area contributed by atoms with Crippen molar-refractivity contribution in [2.45, 2.75) is 25.8 Å². The molecule has 1 aliphatic rings. The number of carbonyl (C=O) groups is 1. The van der Waals surface area contributed by atoms with Crippen LogP contribution in [0.4, 0.5) is 0 Å². The van der Waals surface area contributed by atoms with E-state index < -0.39 is 22.0 Å². The van der Waals surface area contributed by atoms with Gasteiger partial charge in [-0.15, -0.1) is 0 Å². The predicted molar refractivity (Wildman–Crippen MR) is 46.7 cm³/mol. The molecule has 0 heterocycles. The zero-order valence-electron chi connectivity index (χ0n) is 7.36. The van der Waals surface area contributed by atoms with Gasteiger partial charge in [-0.05, 0) is 25.7 Å². The van der Waals surface area contributed by atoms with Gasteiger partial charge < -0.3 is 5.11 Å². The first-order valence-electron chi connectivity index (χ1n) is 4.13. The second kappa shape index (κ2) is 3.63. The molecule has 0 bridgehead atoms. The average molecular weight is 207 g/mol. The number of rotatable bonds is 5. The van der Waals surface area contributed by atoms with Crippen molar-refractivity contribution in [1.29, 1.82) is 0 Å². The SMILES string of the molecule is C[C@@H](NS(=O)(=O)CC1CC1)C(=O)O. The molecule has 76 valence electrons. The van der Waals surface area contributed by atoms with E-state index in [1.807, 2.05) is 0 Å². The van der Waals surface area contributed by atoms with Crippen molar-refractivity contribution in [3.63, 3.8) is 0 Å². The smallest absolute Gasteiger partial charge is 0.321 e. The van der Waals surface area contributed by atoms with E-state index in [2.05, 4.69) is 4.72 Å². The molecule has 0 saturated heterocycles. The van der Waals surface area contributed by atoms with Crippen LogP contribution in [0.15, 0.2) is 0 Å². The summed E-state index contributed by atoms with van der Waals surface area (Å²) in [6.07, 6.45) is 1.87. The normalized spacial score (nSPS) is 19.8. The number of nitrogens with one attached hydrogen (secondary N) is 1. The molecule has 2 N–H and O–H groups in total. The summed E-state index contributed by atoms with van der Waals surface area (Å²) in [6.45, 7) is 1.31. The standard InChI is InChI=1S/C7H13NO4S/c1-5(7(9)10)8-13(11,12)4-6-2-3-6/h5-6,8H,2-4H2,1H3,(H,9,10)/t5-/m1/s1. The summed E-state index contributed by atoms with van der Waals surface area (Å²) in [5, 5.41) is 8.47. The van der Waals surface area contributed by atoms with Gasteiger partial charge in [0.25, 0.3) is 0 Å². The van der Waals surface area contributed by atoms with Crippen LogP contribution in [0.3, 0.4) is 0 Å². The minimum Gasteiger partial charge on any atom is -0.480 e. The molecule has 1 saturated carbocycles. The Kier molecular flexibility index (Phi) is 2.92. The first-order valence-corrected chi connectivity index (χ1v) is 5.79. The van der Waals surface area contributed by atoms with E-state index in [1.54, 1.807) is 0 Å². The molecular weight excluding hydrogens is 194 g/mol. The van der Waals surface area contributed by atoms with E-state index >= 15 is 0 Å². The van der Waals surface area contributed by atoms with Crippen molar-refractivity contribution in [3.05, 3.63) is 0 Å². The highest BCUT2D eigenvalue weighted by atomic mass is 32.2. The summed E-state index contributed by atoms with van der Waals surface area (Å²) in [7, 11) is -3.39. The molecular formula is C7H13NO4S. The van der Waals surface area contributed by atoms with Crippen LogP contribution < -0.4 is 4.72 Å². The van der Waals surface area contributed by atoms with Crippen molar-refractivity contribution < 1.29 is 18.3 Å². The second-order valence-electron chi connectivity index (χ2n) is 3.40. The van der Waals surface area contributed by atoms with E-state index in [-0.39, 0.29) is 11.7 Å². The average Bonchev–Trinajstić information content (AvgIpc) is 2.69. The second-order valence-corrected chi connectivity index (χ2v) is 5.20. The van der Waals surface area contributed by atoms with E-state index in [9.17, 15) is 13.2 Å². The Hall–Kier alpha value is -0.620. The maximum Gasteiger partial charge on any atom is 0.321 e. The molecule has 0 aliphatic heterocycles. The van der Waals surface area contributed by atoms with Gasteiger partial charge in [0, 0.05) is 0 Å². The molecule has 1 atom stereocenters. The van der Waals surface area contributed by atoms with Crippen molar-refractivity contribution in [2.75, 3.05) is 5.75 Å². The molecule has 1 fully saturated rings. The number of hydrogen-bond acceptors (Lipinski definition) is 3. The lowest BCUT2D eigenvalue weighted by Gasteiger charge is -2.08. The molecule has 0 amide bonds. The topological polar surface area (TPSA) is 83.5 Å². The quantitative estimate of drug-likeness (QED) is 0.653. The lowest BCUT2D eigenvalue weighted by atomic mass is 10.4. The zero-order valence-corrected chi connectivity index (χ0v) is 8.17. The number of carboxylic acids is 1. The van der Waals surface area contributed by atoms with Crippen LogP contribution in [-0.4, -0.2) is 31.3 Å². The highest BCUT2D eigenvalue weighted by Gasteiger charge is 2.29. The van der Waals surface area contributed by atoms with Gasteiger partial charge in [0.2, 0.25) is 10.0 Å². The van der Waals surface area contributed by atoms with Crippen LogP contribution in [-0.2, 0) is 14.8 Å². The zero-order chi connectivity index (χ0) is 10.1. The molecule has 1 rings (SSSR count). The van der Waals surface area contributed by atoms with Crippen LogP contribution in [0.5, 0.6) is 0 Å². The third kappa shape index (κ3) is 3.73. The predicted octanol–water partition coefficient (Wildman–Crippen LogP) is -0.211. The van der Waals surface area contributed by atoms with Crippen molar-refractivity contribution in [2.24, 2.45) is 5.92 Å². The molecule has 13 heavy (non-hydrogen) atoms. The largest absolute Gasteiger partial charge is 0.480 e. The number of sulfonamides is 1. The van der Waals surface area contributed by atoms with Gasteiger partial charge in [0.15, 0.2) is 0 Å². The van der Waals surface area contributed by atoms with Gasteiger partial charge in [-0.1, -0.05) is 0 Å².